The summed E-state index contributed by atoms with van der Waals surface area (Å²) in [6.45, 7) is 3.92. The zero-order chi connectivity index (χ0) is 25.1. The van der Waals surface area contributed by atoms with Crippen molar-refractivity contribution in [1.29, 1.82) is 0 Å². The van der Waals surface area contributed by atoms with E-state index in [1.54, 1.807) is 24.5 Å². The first-order valence-electron chi connectivity index (χ1n) is 13.0. The summed E-state index contributed by atoms with van der Waals surface area (Å²) in [6, 6.07) is 15.0. The minimum atomic E-state index is -1.17. The molecule has 4 aromatic rings. The first-order chi connectivity index (χ1) is 17.9. The molecule has 2 saturated carbocycles. The van der Waals surface area contributed by atoms with Gasteiger partial charge >= 0.3 is 0 Å². The molecule has 5 heteroatoms. The Labute approximate surface area is 212 Å². The molecule has 6 atom stereocenters. The van der Waals surface area contributed by atoms with Crippen molar-refractivity contribution < 1.29 is 14.4 Å². The van der Waals surface area contributed by atoms with Gasteiger partial charge in [-0.25, -0.2) is 0 Å². The van der Waals surface area contributed by atoms with Crippen LogP contribution < -0.4 is 0 Å². The number of hydrogen-bond donors (Lipinski definition) is 0. The predicted molar refractivity (Wildman–Crippen MR) is 137 cm³/mol. The van der Waals surface area contributed by atoms with Crippen molar-refractivity contribution in [2.24, 2.45) is 22.7 Å². The average Bonchev–Trinajstić information content (AvgIpc) is 3.62. The summed E-state index contributed by atoms with van der Waals surface area (Å²) in [5.41, 5.74) is -0.539. The van der Waals surface area contributed by atoms with E-state index in [4.69, 9.17) is 9.97 Å². The van der Waals surface area contributed by atoms with Gasteiger partial charge in [0.1, 0.15) is 0 Å². The van der Waals surface area contributed by atoms with E-state index >= 15 is 4.79 Å². The van der Waals surface area contributed by atoms with Gasteiger partial charge in [0, 0.05) is 34.3 Å². The highest BCUT2D eigenvalue weighted by Gasteiger charge is 2.94. The number of ketones is 3. The summed E-state index contributed by atoms with van der Waals surface area (Å²) in [7, 11) is 0. The maximum absolute atomic E-state index is 15.1. The Bertz CT molecular complexity index is 1760. The Hall–Kier alpha value is -3.99. The van der Waals surface area contributed by atoms with Gasteiger partial charge in [-0.1, -0.05) is 48.6 Å². The van der Waals surface area contributed by atoms with Gasteiger partial charge in [0.25, 0.3) is 0 Å². The quantitative estimate of drug-likeness (QED) is 0.256. The second-order valence-electron chi connectivity index (χ2n) is 11.8. The van der Waals surface area contributed by atoms with Crippen LogP contribution in [0.25, 0.3) is 21.8 Å². The van der Waals surface area contributed by atoms with Crippen molar-refractivity contribution in [2.45, 2.75) is 31.1 Å². The number of benzene rings is 2. The maximum Gasteiger partial charge on any atom is 0.172 e. The Morgan fingerprint density at radius 1 is 0.676 bits per heavy atom. The lowest BCUT2D eigenvalue weighted by Gasteiger charge is -2.59. The fraction of sp³-hybridized carbons (Fsp3) is 0.281. The molecule has 5 aliphatic carbocycles. The molecule has 5 aliphatic rings. The van der Waals surface area contributed by atoms with Crippen molar-refractivity contribution in [3.05, 3.63) is 95.3 Å². The molecule has 9 rings (SSSR count). The highest BCUT2D eigenvalue weighted by atomic mass is 16.2. The van der Waals surface area contributed by atoms with Gasteiger partial charge < -0.3 is 0 Å². The number of allylic oxidation sites excluding steroid dienone is 2. The van der Waals surface area contributed by atoms with Gasteiger partial charge in [-0.3, -0.25) is 24.4 Å². The van der Waals surface area contributed by atoms with E-state index in [9.17, 15) is 9.59 Å². The molecule has 0 N–H and O–H groups in total. The average molecular weight is 483 g/mol. The number of carbonyl (C=O) groups is 3. The topological polar surface area (TPSA) is 77.0 Å². The van der Waals surface area contributed by atoms with Crippen LogP contribution in [0.3, 0.4) is 0 Å². The second kappa shape index (κ2) is 5.62. The van der Waals surface area contributed by atoms with Crippen LogP contribution in [0.5, 0.6) is 0 Å². The normalized spacial score (nSPS) is 37.8. The predicted octanol–water partition coefficient (Wildman–Crippen LogP) is 5.15. The number of hydrogen-bond acceptors (Lipinski definition) is 5. The summed E-state index contributed by atoms with van der Waals surface area (Å²) in [5.74, 6) is -0.462. The standard InChI is InChI=1S/C32H22N2O3/c1-29-22-20-9-5-13-33-24(20)25-21(10-6-14-34-25)23(22)30(2,28(29)37)32-17-12-11-16(15-17)31(29,32)26(35)18-7-3-4-8-19(18)27(32)36/h3-14,16-17H,15H2,1-2H3/t16-,17+,29+,30-,31+,32-. The van der Waals surface area contributed by atoms with Crippen LogP contribution in [0.1, 0.15) is 52.1 Å². The van der Waals surface area contributed by atoms with Crippen LogP contribution in [0.4, 0.5) is 0 Å². The van der Waals surface area contributed by atoms with Crippen LogP contribution in [0, 0.1) is 22.7 Å². The summed E-state index contributed by atoms with van der Waals surface area (Å²) in [5, 5.41) is 1.72. The maximum atomic E-state index is 15.1. The molecule has 0 spiro atoms. The molecule has 4 bridgehead atoms. The highest BCUT2D eigenvalue weighted by Crippen LogP contribution is 2.87. The third-order valence-electron chi connectivity index (χ3n) is 11.1. The molecule has 2 aromatic carbocycles. The Kier molecular flexibility index (Phi) is 3.05. The molecule has 0 aliphatic heterocycles. The second-order valence-corrected chi connectivity index (χ2v) is 11.8. The highest BCUT2D eigenvalue weighted by molar-refractivity contribution is 6.32. The lowest BCUT2D eigenvalue weighted by atomic mass is 9.38. The van der Waals surface area contributed by atoms with Crippen LogP contribution >= 0.6 is 0 Å². The van der Waals surface area contributed by atoms with E-state index < -0.39 is 21.7 Å². The molecule has 0 saturated heterocycles. The number of nitrogens with zero attached hydrogens (tertiary/aromatic N) is 2. The van der Waals surface area contributed by atoms with Crippen molar-refractivity contribution in [1.82, 2.24) is 9.97 Å². The largest absolute Gasteiger partial charge is 0.298 e. The lowest BCUT2D eigenvalue weighted by molar-refractivity contribution is -0.126. The van der Waals surface area contributed by atoms with E-state index in [2.05, 4.69) is 12.2 Å². The summed E-state index contributed by atoms with van der Waals surface area (Å²) >= 11 is 0. The Morgan fingerprint density at radius 3 is 1.59 bits per heavy atom. The van der Waals surface area contributed by atoms with Gasteiger partial charge in [0.05, 0.1) is 32.7 Å². The number of rotatable bonds is 0. The van der Waals surface area contributed by atoms with E-state index in [0.717, 1.165) is 32.9 Å². The van der Waals surface area contributed by atoms with E-state index in [1.165, 1.54) is 0 Å². The van der Waals surface area contributed by atoms with Crippen molar-refractivity contribution >= 4 is 39.2 Å². The molecule has 2 aromatic heterocycles. The molecule has 0 amide bonds. The van der Waals surface area contributed by atoms with Crippen molar-refractivity contribution in [2.75, 3.05) is 0 Å². The Morgan fingerprint density at radius 2 is 1.14 bits per heavy atom. The van der Waals surface area contributed by atoms with Gasteiger partial charge in [-0.05, 0) is 55.4 Å². The van der Waals surface area contributed by atoms with E-state index in [0.29, 0.717) is 17.5 Å². The van der Waals surface area contributed by atoms with Crippen LogP contribution in [0.2, 0.25) is 0 Å². The SMILES string of the molecule is C[C@]12C(=O)[C@](C)(c3c1c1cccnc1c1ncccc31)[C@]13C(=O)c4ccccc4C(=O)[C@@]12[C@H]1C=C[C@@H]3C1. The minimum Gasteiger partial charge on any atom is -0.298 e. The first kappa shape index (κ1) is 20.1. The number of carbonyl (C=O) groups excluding carboxylic acids is 3. The van der Waals surface area contributed by atoms with Gasteiger partial charge in [-0.15, -0.1) is 0 Å². The lowest BCUT2D eigenvalue weighted by Crippen LogP contribution is -2.67. The number of pyridine rings is 2. The minimum absolute atomic E-state index is 0.00980. The van der Waals surface area contributed by atoms with Crippen LogP contribution in [-0.4, -0.2) is 27.3 Å². The summed E-state index contributed by atoms with van der Waals surface area (Å²) in [6.07, 6.45) is 8.44. The van der Waals surface area contributed by atoms with Crippen LogP contribution in [-0.2, 0) is 15.6 Å². The fourth-order valence-corrected chi connectivity index (χ4v) is 10.3. The van der Waals surface area contributed by atoms with Crippen molar-refractivity contribution in [3.8, 4) is 0 Å². The third-order valence-corrected chi connectivity index (χ3v) is 11.1. The molecule has 0 unspecified atom stereocenters. The molecular formula is C32H22N2O3. The molecule has 2 fully saturated rings. The van der Waals surface area contributed by atoms with Crippen molar-refractivity contribution in [3.63, 3.8) is 0 Å². The number of aromatic nitrogens is 2. The fourth-order valence-electron chi connectivity index (χ4n) is 10.3. The molecular weight excluding hydrogens is 460 g/mol. The molecule has 178 valence electrons. The van der Waals surface area contributed by atoms with E-state index in [1.807, 2.05) is 50.2 Å². The molecule has 2 heterocycles. The van der Waals surface area contributed by atoms with Gasteiger partial charge in [0.15, 0.2) is 17.3 Å². The summed E-state index contributed by atoms with van der Waals surface area (Å²) < 4.78 is 0. The van der Waals surface area contributed by atoms with Gasteiger partial charge in [0.2, 0.25) is 0 Å². The Balaban J connectivity index is 1.58. The monoisotopic (exact) mass is 482 g/mol. The smallest absolute Gasteiger partial charge is 0.172 e. The van der Waals surface area contributed by atoms with E-state index in [-0.39, 0.29) is 29.2 Å². The summed E-state index contributed by atoms with van der Waals surface area (Å²) in [4.78, 5) is 54.5. The van der Waals surface area contributed by atoms with Gasteiger partial charge in [-0.2, -0.15) is 0 Å². The molecule has 0 radical (unpaired) electrons. The number of Topliss-reactive ketones (excluding diaryl/α,β-unsaturated/α-hetero) is 3. The zero-order valence-electron chi connectivity index (χ0n) is 20.4. The zero-order valence-corrected chi connectivity index (χ0v) is 20.4. The third kappa shape index (κ3) is 1.54. The van der Waals surface area contributed by atoms with Crippen LogP contribution in [0.15, 0.2) is 73.1 Å². The molecule has 37 heavy (non-hydrogen) atoms. The number of fused-ring (bicyclic) bond motifs is 13. The first-order valence-corrected chi connectivity index (χ1v) is 13.0. The molecule has 5 nitrogen and oxygen atoms in total.